The molecular weight excluding hydrogens is 483 g/mol. The summed E-state index contributed by atoms with van der Waals surface area (Å²) in [4.78, 5) is 8.55. The molecule has 2 rings (SSSR count). The minimum Gasteiger partial charge on any atom is -0.497 e. The average molecular weight is 514 g/mol. The first-order chi connectivity index (χ1) is 13.5. The zero-order valence-corrected chi connectivity index (χ0v) is 20.0. The van der Waals surface area contributed by atoms with Gasteiger partial charge >= 0.3 is 0 Å². The van der Waals surface area contributed by atoms with Gasteiger partial charge < -0.3 is 24.8 Å². The molecule has 0 aliphatic carbocycles. The number of aliphatic imine (C=N–C) groups is 1. The van der Waals surface area contributed by atoms with Crippen molar-refractivity contribution in [3.05, 3.63) is 48.2 Å². The van der Waals surface area contributed by atoms with Gasteiger partial charge in [-0.3, -0.25) is 4.99 Å². The van der Waals surface area contributed by atoms with Crippen molar-refractivity contribution in [1.82, 2.24) is 15.6 Å². The van der Waals surface area contributed by atoms with Gasteiger partial charge in [-0.05, 0) is 38.5 Å². The summed E-state index contributed by atoms with van der Waals surface area (Å²) in [6, 6.07) is 11.4. The fraction of sp³-hybridized carbons (Fsp3) is 0.429. The Labute approximate surface area is 190 Å². The van der Waals surface area contributed by atoms with Gasteiger partial charge in [-0.2, -0.15) is 0 Å². The number of pyridine rings is 1. The van der Waals surface area contributed by atoms with E-state index in [1.807, 2.05) is 57.2 Å². The van der Waals surface area contributed by atoms with Crippen LogP contribution < -0.4 is 24.8 Å². The Morgan fingerprint density at radius 2 is 1.83 bits per heavy atom. The van der Waals surface area contributed by atoms with Crippen molar-refractivity contribution >= 4 is 29.9 Å². The Morgan fingerprint density at radius 3 is 2.45 bits per heavy atom. The number of hydrogen-bond donors (Lipinski definition) is 2. The maximum atomic E-state index is 5.91. The van der Waals surface area contributed by atoms with Crippen LogP contribution in [0.4, 0.5) is 0 Å². The Balaban J connectivity index is 0.00000420. The summed E-state index contributed by atoms with van der Waals surface area (Å²) in [6.45, 7) is 7.17. The number of nitrogens with one attached hydrogen (secondary N) is 2. The van der Waals surface area contributed by atoms with Gasteiger partial charge in [0, 0.05) is 31.9 Å². The van der Waals surface area contributed by atoms with Crippen LogP contribution in [0.1, 0.15) is 26.3 Å². The van der Waals surface area contributed by atoms with Crippen molar-refractivity contribution in [1.29, 1.82) is 0 Å². The molecule has 0 radical (unpaired) electrons. The van der Waals surface area contributed by atoms with E-state index in [2.05, 4.69) is 20.6 Å². The van der Waals surface area contributed by atoms with Crippen LogP contribution in [-0.4, -0.2) is 43.9 Å². The third kappa shape index (κ3) is 9.21. The quantitative estimate of drug-likeness (QED) is 0.303. The van der Waals surface area contributed by atoms with Gasteiger partial charge in [-0.1, -0.05) is 12.1 Å². The summed E-state index contributed by atoms with van der Waals surface area (Å²) >= 11 is 0. The number of guanidine groups is 1. The van der Waals surface area contributed by atoms with Crippen LogP contribution in [0.2, 0.25) is 0 Å². The van der Waals surface area contributed by atoms with E-state index in [1.54, 1.807) is 20.4 Å². The van der Waals surface area contributed by atoms with Crippen molar-refractivity contribution < 1.29 is 14.2 Å². The predicted octanol–water partition coefficient (Wildman–Crippen LogP) is 3.63. The third-order valence-electron chi connectivity index (χ3n) is 3.77. The highest BCUT2D eigenvalue weighted by atomic mass is 127. The molecule has 2 aromatic rings. The fourth-order valence-corrected chi connectivity index (χ4v) is 2.42. The third-order valence-corrected chi connectivity index (χ3v) is 3.77. The van der Waals surface area contributed by atoms with Gasteiger partial charge in [0.25, 0.3) is 0 Å². The molecule has 0 saturated heterocycles. The molecule has 29 heavy (non-hydrogen) atoms. The molecule has 1 unspecified atom stereocenters. The van der Waals surface area contributed by atoms with Crippen LogP contribution in [0.15, 0.2) is 47.6 Å². The molecular formula is C21H31IN4O3. The smallest absolute Gasteiger partial charge is 0.213 e. The first kappa shape index (κ1) is 24.8. The lowest BCUT2D eigenvalue weighted by molar-refractivity contribution is 0.223. The molecule has 0 spiro atoms. The van der Waals surface area contributed by atoms with Crippen LogP contribution in [0, 0.1) is 0 Å². The lowest BCUT2D eigenvalue weighted by Crippen LogP contribution is -2.41. The molecule has 0 bridgehead atoms. The molecule has 0 amide bonds. The second-order valence-corrected chi connectivity index (χ2v) is 6.59. The maximum Gasteiger partial charge on any atom is 0.213 e. The second kappa shape index (κ2) is 13.1. The highest BCUT2D eigenvalue weighted by Gasteiger charge is 2.07. The van der Waals surface area contributed by atoms with E-state index < -0.39 is 0 Å². The van der Waals surface area contributed by atoms with Crippen molar-refractivity contribution in [3.63, 3.8) is 0 Å². The monoisotopic (exact) mass is 514 g/mol. The lowest BCUT2D eigenvalue weighted by atomic mass is 10.3. The normalized spacial score (nSPS) is 12.0. The topological polar surface area (TPSA) is 77.0 Å². The summed E-state index contributed by atoms with van der Waals surface area (Å²) in [5.74, 6) is 2.87. The van der Waals surface area contributed by atoms with Crippen molar-refractivity contribution in [2.75, 3.05) is 20.7 Å². The van der Waals surface area contributed by atoms with Crippen molar-refractivity contribution in [3.8, 4) is 17.4 Å². The van der Waals surface area contributed by atoms with Gasteiger partial charge in [0.2, 0.25) is 5.88 Å². The van der Waals surface area contributed by atoms with Crippen LogP contribution in [0.5, 0.6) is 17.4 Å². The van der Waals surface area contributed by atoms with E-state index in [9.17, 15) is 0 Å². The zero-order valence-electron chi connectivity index (χ0n) is 17.6. The van der Waals surface area contributed by atoms with Crippen molar-refractivity contribution in [2.45, 2.75) is 39.5 Å². The first-order valence-electron chi connectivity index (χ1n) is 9.37. The number of aromatic nitrogens is 1. The van der Waals surface area contributed by atoms with Crippen LogP contribution in [0.25, 0.3) is 0 Å². The number of halogens is 1. The number of benzene rings is 1. The number of hydrogen-bond acceptors (Lipinski definition) is 5. The zero-order chi connectivity index (χ0) is 20.4. The predicted molar refractivity (Wildman–Crippen MR) is 127 cm³/mol. The average Bonchev–Trinajstić information content (AvgIpc) is 2.69. The fourth-order valence-electron chi connectivity index (χ4n) is 2.42. The Bertz CT molecular complexity index is 754. The maximum absolute atomic E-state index is 5.91. The molecule has 8 heteroatoms. The minimum atomic E-state index is -0.0419. The number of methoxy groups -OCH3 is 1. The minimum absolute atomic E-state index is 0. The Morgan fingerprint density at radius 1 is 1.07 bits per heavy atom. The van der Waals surface area contributed by atoms with E-state index >= 15 is 0 Å². The Kier molecular flexibility index (Phi) is 11.2. The first-order valence-corrected chi connectivity index (χ1v) is 9.37. The number of rotatable bonds is 9. The molecule has 160 valence electrons. The Hall–Kier alpha value is -2.23. The molecule has 1 aromatic heterocycles. The van der Waals surface area contributed by atoms with Gasteiger partial charge in [0.1, 0.15) is 17.6 Å². The number of ether oxygens (including phenoxy) is 3. The van der Waals surface area contributed by atoms with Gasteiger partial charge in [0.15, 0.2) is 5.96 Å². The summed E-state index contributed by atoms with van der Waals surface area (Å²) < 4.78 is 16.7. The summed E-state index contributed by atoms with van der Waals surface area (Å²) in [6.07, 6.45) is 1.87. The highest BCUT2D eigenvalue weighted by molar-refractivity contribution is 14.0. The summed E-state index contributed by atoms with van der Waals surface area (Å²) in [5.41, 5.74) is 1.04. The summed E-state index contributed by atoms with van der Waals surface area (Å²) in [5, 5.41) is 6.53. The van der Waals surface area contributed by atoms with E-state index in [1.165, 1.54) is 0 Å². The molecule has 0 fully saturated rings. The van der Waals surface area contributed by atoms with E-state index in [0.29, 0.717) is 24.9 Å². The molecule has 0 saturated carbocycles. The van der Waals surface area contributed by atoms with Crippen LogP contribution >= 0.6 is 24.0 Å². The lowest BCUT2D eigenvalue weighted by Gasteiger charge is -2.18. The molecule has 1 atom stereocenters. The molecule has 7 nitrogen and oxygen atoms in total. The molecule has 0 aliphatic rings. The van der Waals surface area contributed by atoms with E-state index in [0.717, 1.165) is 17.1 Å². The second-order valence-electron chi connectivity index (χ2n) is 6.59. The van der Waals surface area contributed by atoms with Crippen LogP contribution in [0.3, 0.4) is 0 Å². The largest absolute Gasteiger partial charge is 0.497 e. The molecule has 2 N–H and O–H groups in total. The van der Waals surface area contributed by atoms with Gasteiger partial charge in [0.05, 0.1) is 19.8 Å². The molecule has 1 heterocycles. The highest BCUT2D eigenvalue weighted by Crippen LogP contribution is 2.19. The van der Waals surface area contributed by atoms with Gasteiger partial charge in [-0.25, -0.2) is 4.98 Å². The van der Waals surface area contributed by atoms with Crippen molar-refractivity contribution in [2.24, 2.45) is 4.99 Å². The SMILES string of the molecule is CN=C(NCc1ccc(OC(C)C)nc1)NCC(C)Oc1cccc(OC)c1.I. The molecule has 0 aliphatic heterocycles. The summed E-state index contributed by atoms with van der Waals surface area (Å²) in [7, 11) is 3.38. The standard InChI is InChI=1S/C21H30N4O3.HI/c1-15(2)27-20-10-9-17(13-23-20)14-25-21(22-4)24-12-16(3)28-19-8-6-7-18(11-19)26-5;/h6-11,13,15-16H,12,14H2,1-5H3,(H2,22,24,25);1H. The molecule has 1 aromatic carbocycles. The van der Waals surface area contributed by atoms with E-state index in [-0.39, 0.29) is 36.2 Å². The van der Waals surface area contributed by atoms with E-state index in [4.69, 9.17) is 14.2 Å². The van der Waals surface area contributed by atoms with Gasteiger partial charge in [-0.15, -0.1) is 24.0 Å². The van der Waals surface area contributed by atoms with Crippen LogP contribution in [-0.2, 0) is 6.54 Å². The number of nitrogens with zero attached hydrogens (tertiary/aromatic N) is 2.